The highest BCUT2D eigenvalue weighted by Gasteiger charge is 2.23. The van der Waals surface area contributed by atoms with E-state index in [9.17, 15) is 13.2 Å². The predicted molar refractivity (Wildman–Crippen MR) is 125 cm³/mol. The number of benzene rings is 2. The van der Waals surface area contributed by atoms with Gasteiger partial charge in [0, 0.05) is 31.3 Å². The molecule has 3 aromatic rings. The van der Waals surface area contributed by atoms with Crippen molar-refractivity contribution >= 4 is 15.9 Å². The summed E-state index contributed by atoms with van der Waals surface area (Å²) < 4.78 is 30.2. The van der Waals surface area contributed by atoms with Gasteiger partial charge in [-0.1, -0.05) is 18.2 Å². The summed E-state index contributed by atoms with van der Waals surface area (Å²) in [4.78, 5) is 12.5. The predicted octanol–water partition coefficient (Wildman–Crippen LogP) is 3.40. The van der Waals surface area contributed by atoms with Gasteiger partial charge in [-0.3, -0.25) is 4.79 Å². The first kappa shape index (κ1) is 23.7. The molecule has 0 saturated carbocycles. The molecule has 0 bridgehead atoms. The van der Waals surface area contributed by atoms with Crippen molar-refractivity contribution in [3.63, 3.8) is 0 Å². The van der Waals surface area contributed by atoms with Crippen molar-refractivity contribution in [1.82, 2.24) is 19.8 Å². The first-order chi connectivity index (χ1) is 15.1. The third kappa shape index (κ3) is 5.08. The van der Waals surface area contributed by atoms with Crippen LogP contribution in [0.4, 0.5) is 0 Å². The van der Waals surface area contributed by atoms with Crippen LogP contribution in [-0.2, 0) is 21.4 Å². The number of hydrogen-bond acceptors (Lipinski definition) is 4. The van der Waals surface area contributed by atoms with Crippen LogP contribution in [0, 0.1) is 34.6 Å². The van der Waals surface area contributed by atoms with Crippen LogP contribution in [0.15, 0.2) is 47.6 Å². The molecule has 2 N–H and O–H groups in total. The quantitative estimate of drug-likeness (QED) is 0.546. The van der Waals surface area contributed by atoms with Gasteiger partial charge in [0.2, 0.25) is 15.9 Å². The number of rotatable bonds is 8. The largest absolute Gasteiger partial charge is 0.352 e. The molecular weight excluding hydrogens is 424 g/mol. The lowest BCUT2D eigenvalue weighted by Crippen LogP contribution is -2.31. The van der Waals surface area contributed by atoms with Crippen LogP contribution in [0.25, 0.3) is 5.69 Å². The molecular formula is C24H30N4O3S. The summed E-state index contributed by atoms with van der Waals surface area (Å²) >= 11 is 0. The molecule has 0 aliphatic carbocycles. The number of nitrogens with one attached hydrogen (secondary N) is 2. The standard InChI is InChI=1S/C24H30N4O3S/c1-16-17(2)19(4)24(20(5)18(16)3)32(30,31)27-12-11-23(29)25-13-21-14-26-28(15-21)22-9-7-6-8-10-22/h6-10,14-15,27H,11-13H2,1-5H3,(H,25,29). The minimum atomic E-state index is -3.72. The van der Waals surface area contributed by atoms with E-state index >= 15 is 0 Å². The number of carbonyl (C=O) groups excluding carboxylic acids is 1. The highest BCUT2D eigenvalue weighted by Crippen LogP contribution is 2.29. The highest BCUT2D eigenvalue weighted by atomic mass is 32.2. The number of hydrogen-bond donors (Lipinski definition) is 2. The van der Waals surface area contributed by atoms with E-state index in [1.807, 2.05) is 71.1 Å². The van der Waals surface area contributed by atoms with Crippen molar-refractivity contribution in [2.24, 2.45) is 0 Å². The average Bonchev–Trinajstić information content (AvgIpc) is 3.24. The van der Waals surface area contributed by atoms with Crippen molar-refractivity contribution < 1.29 is 13.2 Å². The maximum Gasteiger partial charge on any atom is 0.241 e. The lowest BCUT2D eigenvalue weighted by molar-refractivity contribution is -0.121. The minimum Gasteiger partial charge on any atom is -0.352 e. The molecule has 0 spiro atoms. The molecule has 0 unspecified atom stereocenters. The minimum absolute atomic E-state index is 0.0301. The molecule has 0 atom stereocenters. The SMILES string of the molecule is Cc1c(C)c(C)c(S(=O)(=O)NCCC(=O)NCc2cnn(-c3ccccc3)c2)c(C)c1C. The van der Waals surface area contributed by atoms with E-state index in [4.69, 9.17) is 0 Å². The number of sulfonamides is 1. The molecule has 0 aliphatic heterocycles. The molecule has 7 nitrogen and oxygen atoms in total. The maximum atomic E-state index is 12.9. The normalized spacial score (nSPS) is 11.5. The Hall–Kier alpha value is -2.97. The third-order valence-electron chi connectivity index (χ3n) is 5.99. The molecule has 0 radical (unpaired) electrons. The third-order valence-corrected chi connectivity index (χ3v) is 7.72. The first-order valence-electron chi connectivity index (χ1n) is 10.5. The van der Waals surface area contributed by atoms with Crippen molar-refractivity contribution in [3.8, 4) is 5.69 Å². The maximum absolute atomic E-state index is 12.9. The lowest BCUT2D eigenvalue weighted by Gasteiger charge is -2.19. The fourth-order valence-corrected chi connectivity index (χ4v) is 5.33. The van der Waals surface area contributed by atoms with Gasteiger partial charge in [-0.05, 0) is 74.6 Å². The smallest absolute Gasteiger partial charge is 0.241 e. The molecule has 2 aromatic carbocycles. The summed E-state index contributed by atoms with van der Waals surface area (Å²) in [6.45, 7) is 9.88. The van der Waals surface area contributed by atoms with Gasteiger partial charge in [-0.2, -0.15) is 5.10 Å². The van der Waals surface area contributed by atoms with E-state index in [-0.39, 0.29) is 18.9 Å². The number of carbonyl (C=O) groups is 1. The van der Waals surface area contributed by atoms with Crippen molar-refractivity contribution in [1.29, 1.82) is 0 Å². The Bertz CT molecular complexity index is 1200. The van der Waals surface area contributed by atoms with E-state index in [0.717, 1.165) is 39.1 Å². The Labute approximate surface area is 189 Å². The van der Waals surface area contributed by atoms with Crippen molar-refractivity contribution in [2.45, 2.75) is 52.5 Å². The van der Waals surface area contributed by atoms with Gasteiger partial charge in [0.05, 0.1) is 16.8 Å². The van der Waals surface area contributed by atoms with Crippen molar-refractivity contribution in [3.05, 3.63) is 76.1 Å². The Balaban J connectivity index is 1.56. The molecule has 0 saturated heterocycles. The van der Waals surface area contributed by atoms with Crippen LogP contribution in [0.5, 0.6) is 0 Å². The van der Waals surface area contributed by atoms with E-state index in [0.29, 0.717) is 11.4 Å². The van der Waals surface area contributed by atoms with E-state index in [2.05, 4.69) is 15.1 Å². The zero-order valence-electron chi connectivity index (χ0n) is 19.2. The summed E-state index contributed by atoms with van der Waals surface area (Å²) in [5.41, 5.74) is 6.35. The lowest BCUT2D eigenvalue weighted by atomic mass is 9.95. The van der Waals surface area contributed by atoms with Gasteiger partial charge in [-0.25, -0.2) is 17.8 Å². The second kappa shape index (κ2) is 9.67. The molecule has 1 aromatic heterocycles. The zero-order chi connectivity index (χ0) is 23.5. The molecule has 1 amide bonds. The van der Waals surface area contributed by atoms with Gasteiger partial charge in [-0.15, -0.1) is 0 Å². The second-order valence-electron chi connectivity index (χ2n) is 8.01. The Morgan fingerprint density at radius 2 is 1.53 bits per heavy atom. The summed E-state index contributed by atoms with van der Waals surface area (Å²) in [7, 11) is -3.72. The van der Waals surface area contributed by atoms with Gasteiger partial charge in [0.1, 0.15) is 0 Å². The molecule has 170 valence electrons. The fourth-order valence-electron chi connectivity index (χ4n) is 3.70. The monoisotopic (exact) mass is 454 g/mol. The molecule has 32 heavy (non-hydrogen) atoms. The summed E-state index contributed by atoms with van der Waals surface area (Å²) in [5, 5.41) is 7.11. The average molecular weight is 455 g/mol. The summed E-state index contributed by atoms with van der Waals surface area (Å²) in [6, 6.07) is 9.69. The Morgan fingerprint density at radius 3 is 2.16 bits per heavy atom. The first-order valence-corrected chi connectivity index (χ1v) is 12.0. The van der Waals surface area contributed by atoms with Crippen molar-refractivity contribution in [2.75, 3.05) is 6.54 Å². The van der Waals surface area contributed by atoms with Crippen LogP contribution >= 0.6 is 0 Å². The second-order valence-corrected chi connectivity index (χ2v) is 9.71. The number of nitrogens with zero attached hydrogens (tertiary/aromatic N) is 2. The molecule has 8 heteroatoms. The van der Waals surface area contributed by atoms with Gasteiger partial charge >= 0.3 is 0 Å². The van der Waals surface area contributed by atoms with E-state index < -0.39 is 10.0 Å². The fraction of sp³-hybridized carbons (Fsp3) is 0.333. The van der Waals surface area contributed by atoms with E-state index in [1.165, 1.54) is 0 Å². The molecule has 3 rings (SSSR count). The number of aromatic nitrogens is 2. The summed E-state index contributed by atoms with van der Waals surface area (Å²) in [6.07, 6.45) is 3.60. The van der Waals surface area contributed by atoms with Gasteiger partial charge in [0.15, 0.2) is 0 Å². The summed E-state index contributed by atoms with van der Waals surface area (Å²) in [5.74, 6) is -0.232. The Morgan fingerprint density at radius 1 is 0.938 bits per heavy atom. The molecule has 0 aliphatic rings. The van der Waals surface area contributed by atoms with Gasteiger partial charge in [0.25, 0.3) is 0 Å². The topological polar surface area (TPSA) is 93.1 Å². The van der Waals surface area contributed by atoms with Crippen LogP contribution in [-0.4, -0.2) is 30.7 Å². The van der Waals surface area contributed by atoms with Crippen LogP contribution < -0.4 is 10.0 Å². The highest BCUT2D eigenvalue weighted by molar-refractivity contribution is 7.89. The zero-order valence-corrected chi connectivity index (χ0v) is 20.0. The van der Waals surface area contributed by atoms with Crippen LogP contribution in [0.2, 0.25) is 0 Å². The number of para-hydroxylation sites is 1. The number of amides is 1. The van der Waals surface area contributed by atoms with Crippen LogP contribution in [0.3, 0.4) is 0 Å². The molecule has 0 fully saturated rings. The Kier molecular flexibility index (Phi) is 7.16. The van der Waals surface area contributed by atoms with E-state index in [1.54, 1.807) is 10.9 Å². The molecule has 1 heterocycles. The van der Waals surface area contributed by atoms with Crippen LogP contribution in [0.1, 0.15) is 39.8 Å². The van der Waals surface area contributed by atoms with Gasteiger partial charge < -0.3 is 5.32 Å².